The van der Waals surface area contributed by atoms with Crippen molar-refractivity contribution in [2.45, 2.75) is 13.0 Å². The Balaban J connectivity index is 1.54. The predicted octanol–water partition coefficient (Wildman–Crippen LogP) is 2.06. The second kappa shape index (κ2) is 16.0. The van der Waals surface area contributed by atoms with E-state index in [1.54, 1.807) is 21.3 Å². The molecule has 1 aliphatic heterocycles. The number of ether oxygens (including phenoxy) is 6. The zero-order chi connectivity index (χ0) is 27.3. The molecule has 0 atom stereocenters. The number of rotatable bonds is 16. The second-order valence-electron chi connectivity index (χ2n) is 8.50. The number of fused-ring (bicyclic) bond motifs is 1. The van der Waals surface area contributed by atoms with E-state index in [9.17, 15) is 9.18 Å². The van der Waals surface area contributed by atoms with Crippen molar-refractivity contribution in [2.75, 3.05) is 80.7 Å². The molecular formula is C27H36AtFN2O7. The van der Waals surface area contributed by atoms with Crippen LogP contribution in [0.3, 0.4) is 0 Å². The molecule has 2 aromatic carbocycles. The summed E-state index contributed by atoms with van der Waals surface area (Å²) >= 11 is 1.45. The number of alkyl halides is 1. The van der Waals surface area contributed by atoms with Gasteiger partial charge in [-0.25, -0.2) is 4.39 Å². The van der Waals surface area contributed by atoms with Gasteiger partial charge in [0.05, 0.1) is 14.2 Å². The monoisotopic (exact) mass is 730 g/mol. The Morgan fingerprint density at radius 2 is 1.58 bits per heavy atom. The van der Waals surface area contributed by atoms with E-state index in [1.165, 1.54) is 35.8 Å². The second-order valence-corrected chi connectivity index (χ2v) is 10.2. The van der Waals surface area contributed by atoms with E-state index >= 15 is 0 Å². The van der Waals surface area contributed by atoms with E-state index < -0.39 is 6.67 Å². The van der Waals surface area contributed by atoms with Crippen molar-refractivity contribution in [3.05, 3.63) is 41.0 Å². The SMILES string of the molecule is COc1cc2c(cc1OC)CN(CCNC(=O)c1cc([211At])cc(OC)c1OCCOCCOCCF)CC2. The summed E-state index contributed by atoms with van der Waals surface area (Å²) < 4.78 is 45.7. The van der Waals surface area contributed by atoms with Gasteiger partial charge < -0.3 is 9.47 Å². The Morgan fingerprint density at radius 3 is 2.26 bits per heavy atom. The molecule has 210 valence electrons. The molecule has 0 unspecified atom stereocenters. The molecule has 0 fully saturated rings. The summed E-state index contributed by atoms with van der Waals surface area (Å²) in [4.78, 5) is 15.5. The molecule has 11 heteroatoms. The number of carbonyl (C=O) groups is 1. The van der Waals surface area contributed by atoms with Crippen molar-refractivity contribution in [3.8, 4) is 23.0 Å². The van der Waals surface area contributed by atoms with Crippen LogP contribution in [0.25, 0.3) is 0 Å². The third kappa shape index (κ3) is 8.66. The summed E-state index contributed by atoms with van der Waals surface area (Å²) in [6, 6.07) is 7.74. The average Bonchev–Trinajstić information content (AvgIpc) is 2.93. The number of hydrogen-bond acceptors (Lipinski definition) is 8. The van der Waals surface area contributed by atoms with Gasteiger partial charge in [0.1, 0.15) is 6.67 Å². The first-order valence-electron chi connectivity index (χ1n) is 12.5. The quantitative estimate of drug-likeness (QED) is 0.263. The summed E-state index contributed by atoms with van der Waals surface area (Å²) in [5, 5.41) is 3.03. The van der Waals surface area contributed by atoms with Crippen LogP contribution in [0.5, 0.6) is 23.0 Å². The van der Waals surface area contributed by atoms with E-state index in [0.29, 0.717) is 50.0 Å². The van der Waals surface area contributed by atoms with Gasteiger partial charge in [-0.05, 0) is 0 Å². The Labute approximate surface area is 238 Å². The maximum absolute atomic E-state index is 13.1. The molecule has 3 rings (SSSR count). The van der Waals surface area contributed by atoms with Crippen LogP contribution in [-0.2, 0) is 22.4 Å². The number of carbonyl (C=O) groups excluding carboxylic acids is 1. The van der Waals surface area contributed by atoms with Crippen LogP contribution in [0, 0.1) is 24.7 Å². The van der Waals surface area contributed by atoms with Crippen molar-refractivity contribution >= 4 is 9.18 Å². The van der Waals surface area contributed by atoms with Crippen LogP contribution in [0.15, 0.2) is 24.3 Å². The minimum atomic E-state index is -0.515. The van der Waals surface area contributed by atoms with Crippen LogP contribution in [0.4, 0.5) is 4.39 Å². The molecule has 1 aliphatic rings. The number of nitrogens with zero attached hydrogens (tertiary/aromatic N) is 1. The number of halogens is 1. The van der Waals surface area contributed by atoms with Crippen molar-refractivity contribution in [3.63, 3.8) is 0 Å². The normalized spacial score (nSPS) is 13.1. The van der Waals surface area contributed by atoms with Crippen molar-refractivity contribution in [1.82, 2.24) is 10.2 Å². The van der Waals surface area contributed by atoms with Crippen LogP contribution in [0.1, 0.15) is 21.5 Å². The number of nitrogens with one attached hydrogen (secondary N) is 1. The Bertz CT molecular complexity index is 1060. The van der Waals surface area contributed by atoms with Gasteiger partial charge in [-0.3, -0.25) is 0 Å². The summed E-state index contributed by atoms with van der Waals surface area (Å²) in [6.45, 7) is 3.61. The van der Waals surface area contributed by atoms with Crippen LogP contribution in [-0.4, -0.2) is 91.5 Å². The molecule has 1 amide bonds. The molecule has 2 aromatic rings. The molecule has 0 aromatic heterocycles. The van der Waals surface area contributed by atoms with E-state index in [2.05, 4.69) is 10.2 Å². The molecule has 0 aliphatic carbocycles. The molecule has 0 spiro atoms. The van der Waals surface area contributed by atoms with Gasteiger partial charge in [0.2, 0.25) is 0 Å². The van der Waals surface area contributed by atoms with Crippen molar-refractivity contribution in [2.24, 2.45) is 0 Å². The molecule has 38 heavy (non-hydrogen) atoms. The van der Waals surface area contributed by atoms with Gasteiger partial charge in [0, 0.05) is 0 Å². The fourth-order valence-corrected chi connectivity index (χ4v) is 4.98. The Hall–Kier alpha value is -2.20. The third-order valence-corrected chi connectivity index (χ3v) is 6.91. The average molecular weight is 731 g/mol. The number of hydrogen-bond donors (Lipinski definition) is 1. The fourth-order valence-electron chi connectivity index (χ4n) is 4.17. The fraction of sp³-hybridized carbons (Fsp3) is 0.519. The summed E-state index contributed by atoms with van der Waals surface area (Å²) in [6.07, 6.45) is 0.905. The third-order valence-electron chi connectivity index (χ3n) is 6.06. The maximum atomic E-state index is 13.1. The van der Waals surface area contributed by atoms with Crippen molar-refractivity contribution < 1.29 is 62.3 Å². The summed E-state index contributed by atoms with van der Waals surface area (Å²) in [5.74, 6) is 2.13. The molecule has 0 saturated heterocycles. The topological polar surface area (TPSA) is 87.7 Å². The number of methoxy groups -OCH3 is 3. The van der Waals surface area contributed by atoms with Crippen LogP contribution in [0.2, 0.25) is 0 Å². The van der Waals surface area contributed by atoms with Gasteiger partial charge in [0.25, 0.3) is 0 Å². The van der Waals surface area contributed by atoms with Crippen LogP contribution >= 0.6 is 0 Å². The standard InChI is InChI=1S/C27H36AtFN2O7/c1-33-23-14-19-4-7-31(18-20(19)15-24(23)34-2)8-6-30-27(32)22-16-21(28)17-25(35-3)26(22)38-13-12-37-11-10-36-9-5-29/h14-17H,4-13,18H2,1-3H3,(H,30,32)/i28+1. The van der Waals surface area contributed by atoms with Gasteiger partial charge >= 0.3 is 199 Å². The minimum absolute atomic E-state index is 0.0647. The first kappa shape index (κ1) is 30.3. The molecule has 1 N–H and O–H groups in total. The molecule has 1 heterocycles. The van der Waals surface area contributed by atoms with Gasteiger partial charge in [-0.2, -0.15) is 0 Å². The number of amides is 1. The Kier molecular flexibility index (Phi) is 12.8. The zero-order valence-corrected chi connectivity index (χ0v) is 25.1. The zero-order valence-electron chi connectivity index (χ0n) is 22.1. The Morgan fingerprint density at radius 1 is 0.921 bits per heavy atom. The van der Waals surface area contributed by atoms with Crippen LogP contribution < -0.4 is 27.5 Å². The van der Waals surface area contributed by atoms with Gasteiger partial charge in [-0.15, -0.1) is 0 Å². The van der Waals surface area contributed by atoms with Crippen molar-refractivity contribution in [1.29, 1.82) is 0 Å². The van der Waals surface area contributed by atoms with Gasteiger partial charge in [0.15, 0.2) is 5.75 Å². The molecule has 0 radical (unpaired) electrons. The number of benzene rings is 2. The van der Waals surface area contributed by atoms with E-state index in [-0.39, 0.29) is 19.1 Å². The first-order valence-corrected chi connectivity index (χ1v) is 13.9. The molecular weight excluding hydrogens is 694 g/mol. The molecule has 0 saturated carbocycles. The van der Waals surface area contributed by atoms with E-state index in [0.717, 1.165) is 34.3 Å². The summed E-state index contributed by atoms with van der Waals surface area (Å²) in [5.41, 5.74) is 2.89. The van der Waals surface area contributed by atoms with Gasteiger partial charge in [-0.1, -0.05) is 0 Å². The molecule has 9 nitrogen and oxygen atoms in total. The molecule has 0 bridgehead atoms. The summed E-state index contributed by atoms with van der Waals surface area (Å²) in [7, 11) is 4.83. The van der Waals surface area contributed by atoms with E-state index in [4.69, 9.17) is 28.4 Å². The predicted molar refractivity (Wildman–Crippen MR) is 137 cm³/mol. The first-order chi connectivity index (χ1) is 18.5. The van der Waals surface area contributed by atoms with E-state index in [1.807, 2.05) is 24.3 Å².